The summed E-state index contributed by atoms with van der Waals surface area (Å²) >= 11 is 1.82. The van der Waals surface area contributed by atoms with Gasteiger partial charge in [0.05, 0.1) is 0 Å². The predicted molar refractivity (Wildman–Crippen MR) is 46.1 cm³/mol. The summed E-state index contributed by atoms with van der Waals surface area (Å²) in [4.78, 5) is 5.26. The van der Waals surface area contributed by atoms with Crippen molar-refractivity contribution in [3.63, 3.8) is 0 Å². The van der Waals surface area contributed by atoms with Crippen LogP contribution in [0.25, 0.3) is 0 Å². The molecule has 52 valence electrons. The van der Waals surface area contributed by atoms with E-state index in [2.05, 4.69) is 18.8 Å². The van der Waals surface area contributed by atoms with Crippen molar-refractivity contribution in [2.75, 3.05) is 5.75 Å². The van der Waals surface area contributed by atoms with Crippen molar-refractivity contribution in [1.29, 1.82) is 0 Å². The summed E-state index contributed by atoms with van der Waals surface area (Å²) in [6.07, 6.45) is 3.67. The molecule has 0 rings (SSSR count). The normalized spacial score (nSPS) is 13.0. The molecule has 0 aromatic heterocycles. The van der Waals surface area contributed by atoms with Gasteiger partial charge in [0.15, 0.2) is 0 Å². The van der Waals surface area contributed by atoms with Crippen LogP contribution in [-0.2, 0) is 0 Å². The van der Waals surface area contributed by atoms with Crippen molar-refractivity contribution in [2.24, 2.45) is 4.99 Å². The van der Waals surface area contributed by atoms with Gasteiger partial charge in [-0.25, -0.2) is 0 Å². The maximum atomic E-state index is 3.98. The number of nitrogens with zero attached hydrogens (tertiary/aromatic N) is 1. The Labute approximate surface area is 61.3 Å². The topological polar surface area (TPSA) is 12.4 Å². The van der Waals surface area contributed by atoms with Gasteiger partial charge in [-0.05, 0) is 24.5 Å². The van der Waals surface area contributed by atoms with E-state index in [1.807, 2.05) is 24.9 Å². The molecule has 0 aliphatic carbocycles. The standard InChI is InChI=1S/C7H13NS/c1-4-8-6-7(3)9-5-2/h4,6H,5H2,1-3H3/b7-6-,8-4+. The number of hydrogen-bond donors (Lipinski definition) is 0. The van der Waals surface area contributed by atoms with Crippen LogP contribution >= 0.6 is 11.8 Å². The van der Waals surface area contributed by atoms with Crippen LogP contribution in [0.3, 0.4) is 0 Å². The first kappa shape index (κ1) is 8.76. The van der Waals surface area contributed by atoms with Gasteiger partial charge >= 0.3 is 0 Å². The molecule has 0 radical (unpaired) electrons. The largest absolute Gasteiger partial charge is 0.269 e. The first-order valence-electron chi connectivity index (χ1n) is 3.08. The van der Waals surface area contributed by atoms with Crippen LogP contribution in [0, 0.1) is 0 Å². The van der Waals surface area contributed by atoms with Gasteiger partial charge in [-0.2, -0.15) is 0 Å². The van der Waals surface area contributed by atoms with E-state index in [0.717, 1.165) is 5.75 Å². The van der Waals surface area contributed by atoms with E-state index in [1.54, 1.807) is 6.21 Å². The minimum absolute atomic E-state index is 1.13. The summed E-state index contributed by atoms with van der Waals surface area (Å²) in [5, 5.41) is 0. The average molecular weight is 143 g/mol. The molecule has 2 heteroatoms. The van der Waals surface area contributed by atoms with Gasteiger partial charge in [-0.1, -0.05) is 6.92 Å². The molecule has 0 bridgehead atoms. The van der Waals surface area contributed by atoms with Crippen LogP contribution in [0.5, 0.6) is 0 Å². The number of rotatable bonds is 3. The Bertz CT molecular complexity index is 116. The molecule has 0 unspecified atom stereocenters. The van der Waals surface area contributed by atoms with Crippen molar-refractivity contribution in [1.82, 2.24) is 0 Å². The zero-order chi connectivity index (χ0) is 7.11. The van der Waals surface area contributed by atoms with Crippen molar-refractivity contribution in [3.8, 4) is 0 Å². The fraction of sp³-hybridized carbons (Fsp3) is 0.571. The van der Waals surface area contributed by atoms with Crippen LogP contribution in [0.2, 0.25) is 0 Å². The molecule has 9 heavy (non-hydrogen) atoms. The van der Waals surface area contributed by atoms with E-state index in [0.29, 0.717) is 0 Å². The second kappa shape index (κ2) is 5.89. The van der Waals surface area contributed by atoms with Crippen molar-refractivity contribution in [2.45, 2.75) is 20.8 Å². The number of hydrogen-bond acceptors (Lipinski definition) is 2. The lowest BCUT2D eigenvalue weighted by atomic mass is 10.7. The molecule has 0 heterocycles. The predicted octanol–water partition coefficient (Wildman–Crippen LogP) is 2.69. The van der Waals surface area contributed by atoms with Gasteiger partial charge in [-0.15, -0.1) is 11.8 Å². The number of allylic oxidation sites excluding steroid dienone is 1. The molecular formula is C7H13NS. The lowest BCUT2D eigenvalue weighted by molar-refractivity contribution is 1.48. The Kier molecular flexibility index (Phi) is 5.73. The van der Waals surface area contributed by atoms with E-state index < -0.39 is 0 Å². The van der Waals surface area contributed by atoms with E-state index in [9.17, 15) is 0 Å². The molecule has 0 atom stereocenters. The third kappa shape index (κ3) is 5.63. The first-order valence-corrected chi connectivity index (χ1v) is 4.07. The molecule has 0 spiro atoms. The number of aliphatic imine (C=N–C) groups is 1. The van der Waals surface area contributed by atoms with E-state index >= 15 is 0 Å². The third-order valence-corrected chi connectivity index (χ3v) is 1.63. The van der Waals surface area contributed by atoms with Crippen LogP contribution in [-0.4, -0.2) is 12.0 Å². The van der Waals surface area contributed by atoms with Gasteiger partial charge in [0, 0.05) is 12.4 Å². The second-order valence-electron chi connectivity index (χ2n) is 1.58. The second-order valence-corrected chi connectivity index (χ2v) is 3.09. The summed E-state index contributed by atoms with van der Waals surface area (Å²) < 4.78 is 0. The quantitative estimate of drug-likeness (QED) is 0.553. The van der Waals surface area contributed by atoms with Crippen molar-refractivity contribution < 1.29 is 0 Å². The Balaban J connectivity index is 3.55. The highest BCUT2D eigenvalue weighted by Gasteiger charge is 1.82. The van der Waals surface area contributed by atoms with Gasteiger partial charge in [0.25, 0.3) is 0 Å². The maximum Gasteiger partial charge on any atom is 0.0356 e. The molecule has 0 saturated carbocycles. The van der Waals surface area contributed by atoms with Gasteiger partial charge in [-0.3, -0.25) is 4.99 Å². The van der Waals surface area contributed by atoms with E-state index in [-0.39, 0.29) is 0 Å². The molecule has 0 saturated heterocycles. The van der Waals surface area contributed by atoms with E-state index in [1.165, 1.54) is 4.91 Å². The van der Waals surface area contributed by atoms with Crippen LogP contribution in [0.15, 0.2) is 16.1 Å². The molecule has 0 aliphatic heterocycles. The first-order chi connectivity index (χ1) is 4.31. The summed E-state index contributed by atoms with van der Waals surface area (Å²) in [6.45, 7) is 6.12. The summed E-state index contributed by atoms with van der Waals surface area (Å²) in [7, 11) is 0. The molecule has 0 aromatic rings. The highest BCUT2D eigenvalue weighted by Crippen LogP contribution is 2.12. The third-order valence-electron chi connectivity index (χ3n) is 0.777. The average Bonchev–Trinajstić information content (AvgIpc) is 1.85. The maximum absolute atomic E-state index is 3.98. The zero-order valence-electron chi connectivity index (χ0n) is 6.22. The number of thioether (sulfide) groups is 1. The molecule has 0 fully saturated rings. The van der Waals surface area contributed by atoms with Gasteiger partial charge < -0.3 is 0 Å². The molecule has 0 N–H and O–H groups in total. The van der Waals surface area contributed by atoms with E-state index in [4.69, 9.17) is 0 Å². The molecule has 1 nitrogen and oxygen atoms in total. The fourth-order valence-electron chi connectivity index (χ4n) is 0.444. The van der Waals surface area contributed by atoms with Crippen LogP contribution in [0.4, 0.5) is 0 Å². The molecule has 0 aromatic carbocycles. The Morgan fingerprint density at radius 1 is 1.67 bits per heavy atom. The molecular weight excluding hydrogens is 130 g/mol. The Morgan fingerprint density at radius 2 is 2.33 bits per heavy atom. The van der Waals surface area contributed by atoms with Gasteiger partial charge in [0.1, 0.15) is 0 Å². The Hall–Kier alpha value is -0.240. The monoisotopic (exact) mass is 143 g/mol. The van der Waals surface area contributed by atoms with Crippen LogP contribution < -0.4 is 0 Å². The van der Waals surface area contributed by atoms with Crippen molar-refractivity contribution >= 4 is 18.0 Å². The lowest BCUT2D eigenvalue weighted by Gasteiger charge is -1.91. The summed E-state index contributed by atoms with van der Waals surface area (Å²) in [5.41, 5.74) is 0. The van der Waals surface area contributed by atoms with Crippen molar-refractivity contribution in [3.05, 3.63) is 11.1 Å². The molecule has 0 amide bonds. The zero-order valence-corrected chi connectivity index (χ0v) is 7.03. The molecule has 0 aliphatic rings. The summed E-state index contributed by atoms with van der Waals surface area (Å²) in [6, 6.07) is 0. The van der Waals surface area contributed by atoms with Crippen LogP contribution in [0.1, 0.15) is 20.8 Å². The minimum Gasteiger partial charge on any atom is -0.269 e. The smallest absolute Gasteiger partial charge is 0.0356 e. The highest BCUT2D eigenvalue weighted by molar-refractivity contribution is 8.03. The fourth-order valence-corrected chi connectivity index (χ4v) is 1.04. The summed E-state index contributed by atoms with van der Waals surface area (Å²) in [5.74, 6) is 1.13. The lowest BCUT2D eigenvalue weighted by Crippen LogP contribution is -1.68. The minimum atomic E-state index is 1.13. The van der Waals surface area contributed by atoms with Gasteiger partial charge in [0.2, 0.25) is 0 Å². The SMILES string of the molecule is C/C=N/C=C(/C)SCC. The Morgan fingerprint density at radius 3 is 2.78 bits per heavy atom. The highest BCUT2D eigenvalue weighted by atomic mass is 32.2.